The molecule has 2 rings (SSSR count). The van der Waals surface area contributed by atoms with Gasteiger partial charge in [0.15, 0.2) is 0 Å². The van der Waals surface area contributed by atoms with Crippen LogP contribution in [-0.2, 0) is 9.53 Å². The Kier molecular flexibility index (Phi) is 8.86. The van der Waals surface area contributed by atoms with Crippen LogP contribution in [0.15, 0.2) is 36.4 Å². The van der Waals surface area contributed by atoms with Crippen molar-refractivity contribution in [3.63, 3.8) is 0 Å². The second-order valence-electron chi connectivity index (χ2n) is 5.83. The van der Waals surface area contributed by atoms with E-state index in [1.54, 1.807) is 31.4 Å². The van der Waals surface area contributed by atoms with Gasteiger partial charge in [0.25, 0.3) is 5.91 Å². The van der Waals surface area contributed by atoms with E-state index < -0.39 is 0 Å². The summed E-state index contributed by atoms with van der Waals surface area (Å²) in [6.45, 7) is 1.09. The molecule has 2 aromatic rings. The lowest BCUT2D eigenvalue weighted by molar-refractivity contribution is -0.114. The van der Waals surface area contributed by atoms with Crippen LogP contribution in [0.5, 0.6) is 0 Å². The van der Waals surface area contributed by atoms with Gasteiger partial charge in [-0.15, -0.1) is 0 Å². The van der Waals surface area contributed by atoms with Gasteiger partial charge in [0.1, 0.15) is 0 Å². The third-order valence-electron chi connectivity index (χ3n) is 3.67. The van der Waals surface area contributed by atoms with E-state index in [9.17, 15) is 9.59 Å². The van der Waals surface area contributed by atoms with Gasteiger partial charge in [0.2, 0.25) is 5.91 Å². The first-order chi connectivity index (χ1) is 13.4. The van der Waals surface area contributed by atoms with Crippen molar-refractivity contribution in [2.24, 2.45) is 0 Å². The summed E-state index contributed by atoms with van der Waals surface area (Å²) in [6.07, 6.45) is 0.734. The first-order valence-electron chi connectivity index (χ1n) is 8.46. The predicted molar refractivity (Wildman–Crippen MR) is 114 cm³/mol. The van der Waals surface area contributed by atoms with Crippen molar-refractivity contribution in [3.8, 4) is 0 Å². The topological polar surface area (TPSA) is 79.5 Å². The fourth-order valence-corrected chi connectivity index (χ4v) is 2.88. The number of methoxy groups -OCH3 is 1. The van der Waals surface area contributed by atoms with E-state index in [0.29, 0.717) is 40.1 Å². The molecule has 2 amide bonds. The number of hydrogen-bond acceptors (Lipinski definition) is 4. The van der Waals surface area contributed by atoms with E-state index in [2.05, 4.69) is 16.0 Å². The normalized spacial score (nSPS) is 10.4. The number of nitrogens with one attached hydrogen (secondary N) is 3. The zero-order chi connectivity index (χ0) is 20.5. The molecule has 0 saturated carbocycles. The maximum absolute atomic E-state index is 12.2. The van der Waals surface area contributed by atoms with Gasteiger partial charge in [-0.25, -0.2) is 0 Å². The van der Waals surface area contributed by atoms with E-state index in [1.807, 2.05) is 0 Å². The fraction of sp³-hybridized carbons (Fsp3) is 0.263. The SMILES string of the molecule is COCCCNC(=O)c1cccc(NCC(=O)Nc2cc(Cl)c(Cl)cc2Cl)c1. The smallest absolute Gasteiger partial charge is 0.251 e. The van der Waals surface area contributed by atoms with Gasteiger partial charge < -0.3 is 20.7 Å². The lowest BCUT2D eigenvalue weighted by atomic mass is 10.2. The summed E-state index contributed by atoms with van der Waals surface area (Å²) < 4.78 is 4.94. The Hall–Kier alpha value is -1.99. The van der Waals surface area contributed by atoms with Gasteiger partial charge >= 0.3 is 0 Å². The predicted octanol–water partition coefficient (Wildman–Crippen LogP) is 4.46. The minimum Gasteiger partial charge on any atom is -0.385 e. The molecule has 0 fully saturated rings. The standard InChI is InChI=1S/C19H20Cl3N3O3/c1-28-7-3-6-23-19(27)12-4-2-5-13(8-12)24-11-18(26)25-17-10-15(21)14(20)9-16(17)22/h2,4-5,8-10,24H,3,6-7,11H2,1H3,(H,23,27)(H,25,26). The summed E-state index contributed by atoms with van der Waals surface area (Å²) in [5, 5.41) is 9.32. The van der Waals surface area contributed by atoms with Crippen LogP contribution in [0.1, 0.15) is 16.8 Å². The van der Waals surface area contributed by atoms with Crippen molar-refractivity contribution in [1.29, 1.82) is 0 Å². The van der Waals surface area contributed by atoms with Crippen molar-refractivity contribution in [2.45, 2.75) is 6.42 Å². The third-order valence-corrected chi connectivity index (χ3v) is 4.71. The minimum atomic E-state index is -0.324. The lowest BCUT2D eigenvalue weighted by Gasteiger charge is -2.11. The molecule has 0 radical (unpaired) electrons. The number of anilines is 2. The zero-order valence-corrected chi connectivity index (χ0v) is 17.4. The van der Waals surface area contributed by atoms with Crippen LogP contribution in [0.2, 0.25) is 15.1 Å². The Bertz CT molecular complexity index is 846. The average Bonchev–Trinajstić information content (AvgIpc) is 2.68. The molecular formula is C19H20Cl3N3O3. The Labute approximate surface area is 178 Å². The number of halogens is 3. The first-order valence-corrected chi connectivity index (χ1v) is 9.59. The molecule has 0 bridgehead atoms. The summed E-state index contributed by atoms with van der Waals surface area (Å²) in [4.78, 5) is 24.3. The van der Waals surface area contributed by atoms with Crippen molar-refractivity contribution < 1.29 is 14.3 Å². The van der Waals surface area contributed by atoms with Crippen molar-refractivity contribution in [3.05, 3.63) is 57.0 Å². The molecule has 6 nitrogen and oxygen atoms in total. The van der Waals surface area contributed by atoms with Crippen LogP contribution in [0, 0.1) is 0 Å². The van der Waals surface area contributed by atoms with E-state index in [4.69, 9.17) is 39.5 Å². The Morgan fingerprint density at radius 2 is 1.79 bits per heavy atom. The molecule has 0 unspecified atom stereocenters. The summed E-state index contributed by atoms with van der Waals surface area (Å²) in [5.74, 6) is -0.512. The quantitative estimate of drug-likeness (QED) is 0.394. The third kappa shape index (κ3) is 6.87. The lowest BCUT2D eigenvalue weighted by Crippen LogP contribution is -2.25. The Morgan fingerprint density at radius 3 is 2.54 bits per heavy atom. The number of hydrogen-bond donors (Lipinski definition) is 3. The molecule has 3 N–H and O–H groups in total. The maximum Gasteiger partial charge on any atom is 0.251 e. The number of benzene rings is 2. The highest BCUT2D eigenvalue weighted by Crippen LogP contribution is 2.32. The first kappa shape index (κ1) is 22.3. The molecule has 0 heterocycles. The number of amides is 2. The van der Waals surface area contributed by atoms with Crippen molar-refractivity contribution in [2.75, 3.05) is 37.4 Å². The van der Waals surface area contributed by atoms with E-state index in [1.165, 1.54) is 12.1 Å². The van der Waals surface area contributed by atoms with E-state index >= 15 is 0 Å². The number of ether oxygens (including phenoxy) is 1. The van der Waals surface area contributed by atoms with Crippen LogP contribution in [0.3, 0.4) is 0 Å². The average molecular weight is 445 g/mol. The van der Waals surface area contributed by atoms with Crippen LogP contribution in [0.25, 0.3) is 0 Å². The van der Waals surface area contributed by atoms with Gasteiger partial charge in [-0.05, 0) is 36.8 Å². The molecule has 28 heavy (non-hydrogen) atoms. The van der Waals surface area contributed by atoms with Crippen molar-refractivity contribution >= 4 is 58.0 Å². The molecule has 0 aromatic heterocycles. The molecule has 0 aliphatic rings. The molecule has 0 aliphatic heterocycles. The van der Waals surface area contributed by atoms with Gasteiger partial charge in [0, 0.05) is 31.5 Å². The summed E-state index contributed by atoms with van der Waals surface area (Å²) in [6, 6.07) is 9.82. The molecule has 9 heteroatoms. The molecular weight excluding hydrogens is 425 g/mol. The zero-order valence-electron chi connectivity index (χ0n) is 15.2. The van der Waals surface area contributed by atoms with Gasteiger partial charge in [-0.1, -0.05) is 40.9 Å². The molecule has 0 saturated heterocycles. The van der Waals surface area contributed by atoms with E-state index in [-0.39, 0.29) is 23.4 Å². The van der Waals surface area contributed by atoms with Crippen LogP contribution >= 0.6 is 34.8 Å². The Morgan fingerprint density at radius 1 is 1.04 bits per heavy atom. The molecule has 0 atom stereocenters. The molecule has 0 aliphatic carbocycles. The number of carbonyl (C=O) groups is 2. The molecule has 2 aromatic carbocycles. The second kappa shape index (κ2) is 11.1. The van der Waals surface area contributed by atoms with E-state index in [0.717, 1.165) is 6.42 Å². The van der Waals surface area contributed by atoms with Crippen LogP contribution in [0.4, 0.5) is 11.4 Å². The highest BCUT2D eigenvalue weighted by Gasteiger charge is 2.10. The number of rotatable bonds is 9. The fourth-order valence-electron chi connectivity index (χ4n) is 2.29. The monoisotopic (exact) mass is 443 g/mol. The summed E-state index contributed by atoms with van der Waals surface area (Å²) in [7, 11) is 1.61. The van der Waals surface area contributed by atoms with Crippen LogP contribution < -0.4 is 16.0 Å². The van der Waals surface area contributed by atoms with Crippen LogP contribution in [-0.4, -0.2) is 38.6 Å². The summed E-state index contributed by atoms with van der Waals surface area (Å²) in [5.41, 5.74) is 1.50. The molecule has 0 spiro atoms. The summed E-state index contributed by atoms with van der Waals surface area (Å²) >= 11 is 17.9. The minimum absolute atomic E-state index is 0.0184. The second-order valence-corrected chi connectivity index (χ2v) is 7.05. The maximum atomic E-state index is 12.2. The Balaban J connectivity index is 1.89. The largest absolute Gasteiger partial charge is 0.385 e. The highest BCUT2D eigenvalue weighted by atomic mass is 35.5. The molecule has 150 valence electrons. The highest BCUT2D eigenvalue weighted by molar-refractivity contribution is 6.44. The number of carbonyl (C=O) groups excluding carboxylic acids is 2. The van der Waals surface area contributed by atoms with Gasteiger partial charge in [-0.2, -0.15) is 0 Å². The van der Waals surface area contributed by atoms with Gasteiger partial charge in [0.05, 0.1) is 27.3 Å². The van der Waals surface area contributed by atoms with Gasteiger partial charge in [-0.3, -0.25) is 9.59 Å². The van der Waals surface area contributed by atoms with Crippen molar-refractivity contribution in [1.82, 2.24) is 5.32 Å².